The maximum atomic E-state index is 5.74. The fourth-order valence-corrected chi connectivity index (χ4v) is 2.55. The van der Waals surface area contributed by atoms with Gasteiger partial charge in [0.25, 0.3) is 0 Å². The van der Waals surface area contributed by atoms with Crippen LogP contribution < -0.4 is 11.1 Å². The SMILES string of the molecule is CCNC(Cc1ccnc(N)c1)C(OC)C(C)(C)C. The van der Waals surface area contributed by atoms with Gasteiger partial charge in [-0.1, -0.05) is 27.7 Å². The van der Waals surface area contributed by atoms with E-state index in [-0.39, 0.29) is 17.6 Å². The second-order valence-corrected chi connectivity index (χ2v) is 5.98. The van der Waals surface area contributed by atoms with Crippen LogP contribution >= 0.6 is 0 Å². The molecule has 0 aliphatic heterocycles. The van der Waals surface area contributed by atoms with Crippen LogP contribution in [0.1, 0.15) is 33.3 Å². The molecule has 1 heterocycles. The Morgan fingerprint density at radius 3 is 2.58 bits per heavy atom. The van der Waals surface area contributed by atoms with Crippen LogP contribution in [0.5, 0.6) is 0 Å². The normalized spacial score (nSPS) is 15.2. The van der Waals surface area contributed by atoms with E-state index in [1.807, 2.05) is 12.1 Å². The summed E-state index contributed by atoms with van der Waals surface area (Å²) >= 11 is 0. The van der Waals surface area contributed by atoms with Gasteiger partial charge < -0.3 is 15.8 Å². The monoisotopic (exact) mass is 265 g/mol. The van der Waals surface area contributed by atoms with Crippen LogP contribution in [0.4, 0.5) is 5.82 Å². The van der Waals surface area contributed by atoms with Gasteiger partial charge in [-0.15, -0.1) is 0 Å². The number of aromatic nitrogens is 1. The molecule has 0 aromatic carbocycles. The van der Waals surface area contributed by atoms with Gasteiger partial charge in [-0.3, -0.25) is 0 Å². The number of likely N-dealkylation sites (N-methyl/N-ethyl adjacent to an activating group) is 1. The van der Waals surface area contributed by atoms with Gasteiger partial charge in [0.05, 0.1) is 6.10 Å². The number of ether oxygens (including phenoxy) is 1. The van der Waals surface area contributed by atoms with Crippen LogP contribution in [-0.4, -0.2) is 30.8 Å². The van der Waals surface area contributed by atoms with Crippen LogP contribution in [0.2, 0.25) is 0 Å². The summed E-state index contributed by atoms with van der Waals surface area (Å²) in [5, 5.41) is 3.52. The van der Waals surface area contributed by atoms with Crippen molar-refractivity contribution in [3.63, 3.8) is 0 Å². The molecule has 3 N–H and O–H groups in total. The summed E-state index contributed by atoms with van der Waals surface area (Å²) in [6.45, 7) is 9.63. The lowest BCUT2D eigenvalue weighted by atomic mass is 9.82. The first-order valence-electron chi connectivity index (χ1n) is 6.85. The van der Waals surface area contributed by atoms with E-state index in [9.17, 15) is 0 Å². The van der Waals surface area contributed by atoms with Crippen molar-refractivity contribution in [3.05, 3.63) is 23.9 Å². The molecule has 0 aliphatic carbocycles. The minimum absolute atomic E-state index is 0.0835. The van der Waals surface area contributed by atoms with Crippen LogP contribution in [0, 0.1) is 5.41 Å². The summed E-state index contributed by atoms with van der Waals surface area (Å²) in [6.07, 6.45) is 2.78. The molecular weight excluding hydrogens is 238 g/mol. The smallest absolute Gasteiger partial charge is 0.123 e. The Bertz CT molecular complexity index is 387. The fourth-order valence-electron chi connectivity index (χ4n) is 2.55. The molecule has 0 amide bonds. The van der Waals surface area contributed by atoms with E-state index >= 15 is 0 Å². The van der Waals surface area contributed by atoms with Crippen LogP contribution in [0.25, 0.3) is 0 Å². The van der Waals surface area contributed by atoms with Crippen LogP contribution in [0.15, 0.2) is 18.3 Å². The van der Waals surface area contributed by atoms with Gasteiger partial charge in [0.1, 0.15) is 5.82 Å². The lowest BCUT2D eigenvalue weighted by molar-refractivity contribution is -0.0106. The Hall–Kier alpha value is -1.13. The number of nitrogens with one attached hydrogen (secondary N) is 1. The lowest BCUT2D eigenvalue weighted by Gasteiger charge is -2.36. The van der Waals surface area contributed by atoms with Crippen molar-refractivity contribution >= 4 is 5.82 Å². The zero-order valence-corrected chi connectivity index (χ0v) is 12.7. The van der Waals surface area contributed by atoms with Crippen molar-refractivity contribution in [2.75, 3.05) is 19.4 Å². The molecular formula is C15H27N3O. The number of anilines is 1. The van der Waals surface area contributed by atoms with Crippen molar-refractivity contribution in [3.8, 4) is 0 Å². The number of nitrogen functional groups attached to an aromatic ring is 1. The topological polar surface area (TPSA) is 60.2 Å². The number of hydrogen-bond acceptors (Lipinski definition) is 4. The highest BCUT2D eigenvalue weighted by Gasteiger charge is 2.31. The molecule has 2 unspecified atom stereocenters. The number of pyridine rings is 1. The minimum atomic E-state index is 0.0835. The van der Waals surface area contributed by atoms with E-state index in [1.165, 1.54) is 5.56 Å². The van der Waals surface area contributed by atoms with Crippen molar-refractivity contribution < 1.29 is 4.74 Å². The second-order valence-electron chi connectivity index (χ2n) is 5.98. The van der Waals surface area contributed by atoms with Gasteiger partial charge in [-0.25, -0.2) is 4.98 Å². The third-order valence-electron chi connectivity index (χ3n) is 3.24. The van der Waals surface area contributed by atoms with Gasteiger partial charge in [-0.05, 0) is 36.1 Å². The molecule has 2 atom stereocenters. The van der Waals surface area contributed by atoms with Crippen LogP contribution in [0.3, 0.4) is 0 Å². The summed E-state index contributed by atoms with van der Waals surface area (Å²) in [5.41, 5.74) is 7.01. The molecule has 0 radical (unpaired) electrons. The zero-order chi connectivity index (χ0) is 14.5. The lowest BCUT2D eigenvalue weighted by Crippen LogP contribution is -2.49. The van der Waals surface area contributed by atoms with E-state index < -0.39 is 0 Å². The molecule has 0 fully saturated rings. The third-order valence-corrected chi connectivity index (χ3v) is 3.24. The van der Waals surface area contributed by atoms with E-state index in [2.05, 4.69) is 38.0 Å². The largest absolute Gasteiger partial charge is 0.384 e. The molecule has 0 saturated heterocycles. The van der Waals surface area contributed by atoms with Gasteiger partial charge in [0, 0.05) is 19.3 Å². The third kappa shape index (κ3) is 4.80. The van der Waals surface area contributed by atoms with Gasteiger partial charge >= 0.3 is 0 Å². The highest BCUT2D eigenvalue weighted by molar-refractivity contribution is 5.32. The predicted octanol–water partition coefficient (Wildman–Crippen LogP) is 2.25. The summed E-state index contributed by atoms with van der Waals surface area (Å²) < 4.78 is 5.72. The predicted molar refractivity (Wildman–Crippen MR) is 80.1 cm³/mol. The molecule has 108 valence electrons. The molecule has 1 aromatic rings. The van der Waals surface area contributed by atoms with Gasteiger partial charge in [0.2, 0.25) is 0 Å². The standard InChI is InChI=1S/C15H27N3O/c1-6-17-12(14(19-5)15(2,3)4)9-11-7-8-18-13(16)10-11/h7-8,10,12,14,17H,6,9H2,1-5H3,(H2,16,18). The Kier molecular flexibility index (Phi) is 5.76. The summed E-state index contributed by atoms with van der Waals surface area (Å²) in [4.78, 5) is 4.03. The molecule has 1 aromatic heterocycles. The summed E-state index contributed by atoms with van der Waals surface area (Å²) in [7, 11) is 1.78. The number of nitrogens with two attached hydrogens (primary N) is 1. The molecule has 0 aliphatic rings. The zero-order valence-electron chi connectivity index (χ0n) is 12.7. The van der Waals surface area contributed by atoms with Crippen molar-refractivity contribution in [2.45, 2.75) is 46.3 Å². The van der Waals surface area contributed by atoms with Crippen molar-refractivity contribution in [1.82, 2.24) is 10.3 Å². The minimum Gasteiger partial charge on any atom is -0.384 e. The number of nitrogens with zero attached hydrogens (tertiary/aromatic N) is 1. The van der Waals surface area contributed by atoms with E-state index in [4.69, 9.17) is 10.5 Å². The van der Waals surface area contributed by atoms with Crippen molar-refractivity contribution in [2.24, 2.45) is 5.41 Å². The first-order valence-corrected chi connectivity index (χ1v) is 6.85. The number of rotatable bonds is 6. The molecule has 4 nitrogen and oxygen atoms in total. The maximum Gasteiger partial charge on any atom is 0.123 e. The molecule has 0 spiro atoms. The van der Waals surface area contributed by atoms with Gasteiger partial charge in [-0.2, -0.15) is 0 Å². The second kappa shape index (κ2) is 6.87. The Balaban J connectivity index is 2.88. The van der Waals surface area contributed by atoms with E-state index in [0.29, 0.717) is 5.82 Å². The average molecular weight is 265 g/mol. The summed E-state index contributed by atoms with van der Waals surface area (Å²) in [5.74, 6) is 0.567. The van der Waals surface area contributed by atoms with Crippen LogP contribution in [-0.2, 0) is 11.2 Å². The molecule has 4 heteroatoms. The Labute approximate surface area is 116 Å². The fraction of sp³-hybridized carbons (Fsp3) is 0.667. The maximum absolute atomic E-state index is 5.74. The Morgan fingerprint density at radius 1 is 1.42 bits per heavy atom. The highest BCUT2D eigenvalue weighted by atomic mass is 16.5. The first-order chi connectivity index (χ1) is 8.88. The first kappa shape index (κ1) is 15.9. The number of hydrogen-bond donors (Lipinski definition) is 2. The highest BCUT2D eigenvalue weighted by Crippen LogP contribution is 2.26. The molecule has 1 rings (SSSR count). The number of methoxy groups -OCH3 is 1. The average Bonchev–Trinajstić information content (AvgIpc) is 2.28. The molecule has 0 bridgehead atoms. The molecule has 19 heavy (non-hydrogen) atoms. The summed E-state index contributed by atoms with van der Waals surface area (Å²) in [6, 6.07) is 4.20. The van der Waals surface area contributed by atoms with Crippen molar-refractivity contribution in [1.29, 1.82) is 0 Å². The van der Waals surface area contributed by atoms with Gasteiger partial charge in [0.15, 0.2) is 0 Å². The van der Waals surface area contributed by atoms with E-state index in [1.54, 1.807) is 13.3 Å². The van der Waals surface area contributed by atoms with E-state index in [0.717, 1.165) is 13.0 Å². The Morgan fingerprint density at radius 2 is 2.11 bits per heavy atom. The molecule has 0 saturated carbocycles. The quantitative estimate of drug-likeness (QED) is 0.828.